The second-order valence-electron chi connectivity index (χ2n) is 2.61. The number of carbonyl (C=O) groups excluding carboxylic acids is 1. The van der Waals surface area contributed by atoms with Crippen LogP contribution in [-0.2, 0) is 0 Å². The lowest BCUT2D eigenvalue weighted by Crippen LogP contribution is -2.17. The molecule has 0 saturated heterocycles. The second-order valence-corrected chi connectivity index (χ2v) is 2.61. The molecule has 1 aromatic carbocycles. The van der Waals surface area contributed by atoms with Gasteiger partial charge in [0.2, 0.25) is 0 Å². The molecule has 0 spiro atoms. The van der Waals surface area contributed by atoms with Crippen LogP contribution in [0.2, 0.25) is 0 Å². The predicted molar refractivity (Wildman–Crippen MR) is 43.4 cm³/mol. The zero-order valence-electron chi connectivity index (χ0n) is 6.32. The van der Waals surface area contributed by atoms with Gasteiger partial charge < -0.3 is 0 Å². The summed E-state index contributed by atoms with van der Waals surface area (Å²) in [6.07, 6.45) is 0. The monoisotopic (exact) mass is 161 g/mol. The number of hydrogen-bond acceptors (Lipinski definition) is 2. The van der Waals surface area contributed by atoms with Crippen molar-refractivity contribution in [3.05, 3.63) is 42.0 Å². The Morgan fingerprint density at radius 2 is 1.83 bits per heavy atom. The van der Waals surface area contributed by atoms with Crippen molar-refractivity contribution in [3.63, 3.8) is 0 Å². The molecule has 12 heavy (non-hydrogen) atoms. The Kier molecular flexibility index (Phi) is 1.29. The van der Waals surface area contributed by atoms with Crippen LogP contribution in [0.3, 0.4) is 0 Å². The first kappa shape index (κ1) is 7.06. The normalized spacial score (nSPS) is 15.2. The number of hydrogen-bond donors (Lipinski definition) is 1. The van der Waals surface area contributed by atoms with Crippen molar-refractivity contribution in [1.82, 2.24) is 5.06 Å². The summed E-state index contributed by atoms with van der Waals surface area (Å²) in [5.74, 6) is -0.407. The molecule has 3 heteroatoms. The lowest BCUT2D eigenvalue weighted by Gasteiger charge is -2.05. The number of rotatable bonds is 0. The number of hydroxylamine groups is 2. The zero-order chi connectivity index (χ0) is 8.72. The summed E-state index contributed by atoms with van der Waals surface area (Å²) in [6, 6.07) is 6.98. The van der Waals surface area contributed by atoms with Gasteiger partial charge in [0.25, 0.3) is 5.91 Å². The Bertz CT molecular complexity index is 336. The van der Waals surface area contributed by atoms with Crippen LogP contribution in [0.25, 0.3) is 5.70 Å². The van der Waals surface area contributed by atoms with Gasteiger partial charge in [-0.3, -0.25) is 10.0 Å². The maximum Gasteiger partial charge on any atom is 0.282 e. The molecule has 60 valence electrons. The molecule has 3 nitrogen and oxygen atoms in total. The minimum Gasteiger partial charge on any atom is -0.281 e. The van der Waals surface area contributed by atoms with Crippen molar-refractivity contribution in [2.75, 3.05) is 0 Å². The van der Waals surface area contributed by atoms with Gasteiger partial charge in [-0.1, -0.05) is 24.8 Å². The lowest BCUT2D eigenvalue weighted by molar-refractivity contribution is -0.00699. The van der Waals surface area contributed by atoms with Crippen LogP contribution >= 0.6 is 0 Å². The molecular weight excluding hydrogens is 154 g/mol. The first-order valence-electron chi connectivity index (χ1n) is 3.53. The maximum absolute atomic E-state index is 11.2. The molecule has 0 fully saturated rings. The van der Waals surface area contributed by atoms with E-state index in [4.69, 9.17) is 0 Å². The van der Waals surface area contributed by atoms with Crippen molar-refractivity contribution < 1.29 is 10.0 Å². The van der Waals surface area contributed by atoms with Gasteiger partial charge in [-0.15, -0.1) is 0 Å². The molecule has 0 aromatic heterocycles. The van der Waals surface area contributed by atoms with Gasteiger partial charge in [-0.05, 0) is 6.07 Å². The highest BCUT2D eigenvalue weighted by Gasteiger charge is 2.29. The summed E-state index contributed by atoms with van der Waals surface area (Å²) in [5.41, 5.74) is 1.55. The number of carbonyl (C=O) groups is 1. The first-order chi connectivity index (χ1) is 5.72. The van der Waals surface area contributed by atoms with E-state index in [0.717, 1.165) is 0 Å². The highest BCUT2D eigenvalue weighted by Crippen LogP contribution is 2.28. The third-order valence-corrected chi connectivity index (χ3v) is 1.92. The minimum atomic E-state index is -0.407. The molecule has 0 bridgehead atoms. The molecule has 0 radical (unpaired) electrons. The van der Waals surface area contributed by atoms with Crippen molar-refractivity contribution in [1.29, 1.82) is 0 Å². The predicted octanol–water partition coefficient (Wildman–Crippen LogP) is 1.50. The van der Waals surface area contributed by atoms with Gasteiger partial charge in [0.1, 0.15) is 0 Å². The molecule has 0 unspecified atom stereocenters. The number of benzene rings is 1. The Morgan fingerprint density at radius 3 is 2.42 bits per heavy atom. The largest absolute Gasteiger partial charge is 0.282 e. The molecule has 1 aliphatic heterocycles. The fourth-order valence-electron chi connectivity index (χ4n) is 1.27. The van der Waals surface area contributed by atoms with E-state index in [1.807, 2.05) is 0 Å². The average molecular weight is 161 g/mol. The average Bonchev–Trinajstić information content (AvgIpc) is 2.33. The molecule has 1 heterocycles. The highest BCUT2D eigenvalue weighted by atomic mass is 16.5. The second kappa shape index (κ2) is 2.19. The van der Waals surface area contributed by atoms with E-state index in [0.29, 0.717) is 21.9 Å². The summed E-state index contributed by atoms with van der Waals surface area (Å²) in [4.78, 5) is 11.2. The third kappa shape index (κ3) is 0.711. The highest BCUT2D eigenvalue weighted by molar-refractivity contribution is 6.07. The van der Waals surface area contributed by atoms with Crippen LogP contribution in [0.5, 0.6) is 0 Å². The third-order valence-electron chi connectivity index (χ3n) is 1.92. The van der Waals surface area contributed by atoms with Crippen LogP contribution in [0.1, 0.15) is 15.9 Å². The topological polar surface area (TPSA) is 40.5 Å². The van der Waals surface area contributed by atoms with E-state index in [1.165, 1.54) is 0 Å². The summed E-state index contributed by atoms with van der Waals surface area (Å²) in [7, 11) is 0. The SMILES string of the molecule is C=C1c2ccccc2C(=O)N1O. The Labute approximate surface area is 69.5 Å². The summed E-state index contributed by atoms with van der Waals surface area (Å²) in [5, 5.41) is 9.75. The number of amides is 1. The van der Waals surface area contributed by atoms with E-state index in [1.54, 1.807) is 24.3 Å². The first-order valence-corrected chi connectivity index (χ1v) is 3.53. The smallest absolute Gasteiger partial charge is 0.281 e. The summed E-state index contributed by atoms with van der Waals surface area (Å²) in [6.45, 7) is 3.58. The van der Waals surface area contributed by atoms with E-state index in [2.05, 4.69) is 6.58 Å². The Hall–Kier alpha value is -1.61. The van der Waals surface area contributed by atoms with Gasteiger partial charge in [0, 0.05) is 5.56 Å². The van der Waals surface area contributed by atoms with Gasteiger partial charge >= 0.3 is 0 Å². The Morgan fingerprint density at radius 1 is 1.25 bits per heavy atom. The zero-order valence-corrected chi connectivity index (χ0v) is 6.32. The standard InChI is InChI=1S/C9H7NO2/c1-6-7-4-2-3-5-8(7)9(11)10(6)12/h2-5,12H,1H2. The molecule has 1 aromatic rings. The van der Waals surface area contributed by atoms with Crippen molar-refractivity contribution in [2.24, 2.45) is 0 Å². The quantitative estimate of drug-likeness (QED) is 0.586. The van der Waals surface area contributed by atoms with E-state index in [9.17, 15) is 10.0 Å². The van der Waals surface area contributed by atoms with Crippen LogP contribution in [0, 0.1) is 0 Å². The van der Waals surface area contributed by atoms with Gasteiger partial charge in [0.15, 0.2) is 0 Å². The lowest BCUT2D eigenvalue weighted by atomic mass is 10.1. The molecule has 0 atom stereocenters. The fourth-order valence-corrected chi connectivity index (χ4v) is 1.27. The minimum absolute atomic E-state index is 0.343. The van der Waals surface area contributed by atoms with E-state index < -0.39 is 5.91 Å². The summed E-state index contributed by atoms with van der Waals surface area (Å²) >= 11 is 0. The van der Waals surface area contributed by atoms with Crippen molar-refractivity contribution in [2.45, 2.75) is 0 Å². The molecule has 0 aliphatic carbocycles. The van der Waals surface area contributed by atoms with E-state index >= 15 is 0 Å². The summed E-state index contributed by atoms with van der Waals surface area (Å²) < 4.78 is 0. The molecule has 0 saturated carbocycles. The molecule has 1 N–H and O–H groups in total. The number of nitrogens with zero attached hydrogens (tertiary/aromatic N) is 1. The van der Waals surface area contributed by atoms with Crippen molar-refractivity contribution in [3.8, 4) is 0 Å². The molecule has 1 amide bonds. The molecule has 1 aliphatic rings. The van der Waals surface area contributed by atoms with Crippen LogP contribution in [0.15, 0.2) is 30.8 Å². The van der Waals surface area contributed by atoms with Gasteiger partial charge in [0.05, 0.1) is 11.3 Å². The fraction of sp³-hybridized carbons (Fsp3) is 0. The van der Waals surface area contributed by atoms with E-state index in [-0.39, 0.29) is 0 Å². The molecular formula is C9H7NO2. The van der Waals surface area contributed by atoms with Crippen molar-refractivity contribution >= 4 is 11.6 Å². The maximum atomic E-state index is 11.2. The van der Waals surface area contributed by atoms with Crippen LogP contribution in [0.4, 0.5) is 0 Å². The molecule has 2 rings (SSSR count). The van der Waals surface area contributed by atoms with Gasteiger partial charge in [-0.25, -0.2) is 0 Å². The Balaban J connectivity index is 2.67. The van der Waals surface area contributed by atoms with Gasteiger partial charge in [-0.2, -0.15) is 5.06 Å². The van der Waals surface area contributed by atoms with Crippen LogP contribution in [-0.4, -0.2) is 16.2 Å². The van der Waals surface area contributed by atoms with Crippen LogP contribution < -0.4 is 0 Å². The number of fused-ring (bicyclic) bond motifs is 1.